The molecule has 3 saturated heterocycles. The van der Waals surface area contributed by atoms with E-state index in [4.69, 9.17) is 4.84 Å². The molecular formula is C13H19N3O4. The Morgan fingerprint density at radius 2 is 2.05 bits per heavy atom. The maximum Gasteiger partial charge on any atom is 0.328 e. The minimum atomic E-state index is -0.647. The lowest BCUT2D eigenvalue weighted by molar-refractivity contribution is -0.177. The van der Waals surface area contributed by atoms with Gasteiger partial charge in [-0.25, -0.2) is 9.86 Å². The van der Waals surface area contributed by atoms with Gasteiger partial charge in [-0.05, 0) is 32.6 Å². The molecule has 0 unspecified atom stereocenters. The van der Waals surface area contributed by atoms with Crippen LogP contribution < -0.4 is 0 Å². The van der Waals surface area contributed by atoms with E-state index >= 15 is 0 Å². The van der Waals surface area contributed by atoms with Crippen LogP contribution in [0.5, 0.6) is 0 Å². The molecule has 0 atom stereocenters. The molecule has 3 rings (SSSR count). The number of carbonyl (C=O) groups excluding carboxylic acids is 3. The second-order valence-electron chi connectivity index (χ2n) is 5.62. The quantitative estimate of drug-likeness (QED) is 0.551. The van der Waals surface area contributed by atoms with Gasteiger partial charge < -0.3 is 4.90 Å². The van der Waals surface area contributed by atoms with Crippen molar-refractivity contribution < 1.29 is 19.2 Å². The minimum absolute atomic E-state index is 0.177. The molecule has 3 heterocycles. The monoisotopic (exact) mass is 281 g/mol. The largest absolute Gasteiger partial charge is 0.328 e. The summed E-state index contributed by atoms with van der Waals surface area (Å²) < 4.78 is 0. The summed E-state index contributed by atoms with van der Waals surface area (Å²) in [6.07, 6.45) is 3.26. The van der Waals surface area contributed by atoms with Crippen LogP contribution in [-0.2, 0) is 14.4 Å². The van der Waals surface area contributed by atoms with Gasteiger partial charge in [0.25, 0.3) is 11.8 Å². The average Bonchev–Trinajstić information content (AvgIpc) is 3.04. The third-order valence-corrected chi connectivity index (χ3v) is 4.66. The Morgan fingerprint density at radius 1 is 1.40 bits per heavy atom. The molecule has 0 aromatic heterocycles. The maximum absolute atomic E-state index is 12.5. The number of urea groups is 1. The van der Waals surface area contributed by atoms with Crippen molar-refractivity contribution in [2.24, 2.45) is 0 Å². The van der Waals surface area contributed by atoms with Gasteiger partial charge in [-0.2, -0.15) is 0 Å². The second kappa shape index (κ2) is 4.44. The molecule has 0 saturated carbocycles. The molecule has 0 aromatic rings. The molecule has 0 radical (unpaired) electrons. The number of hydroxylamine groups is 2. The average molecular weight is 281 g/mol. The molecule has 7 nitrogen and oxygen atoms in total. The summed E-state index contributed by atoms with van der Waals surface area (Å²) in [7, 11) is 1.49. The summed E-state index contributed by atoms with van der Waals surface area (Å²) in [5, 5.41) is 1.08. The summed E-state index contributed by atoms with van der Waals surface area (Å²) in [6.45, 7) is 1.89. The lowest BCUT2D eigenvalue weighted by atomic mass is 9.87. The number of hydrogen-bond acceptors (Lipinski definition) is 4. The summed E-state index contributed by atoms with van der Waals surface area (Å²) >= 11 is 0. The third-order valence-electron chi connectivity index (χ3n) is 4.66. The highest BCUT2D eigenvalue weighted by molar-refractivity contribution is 6.10. The van der Waals surface area contributed by atoms with Gasteiger partial charge in [0.1, 0.15) is 12.1 Å². The van der Waals surface area contributed by atoms with E-state index in [-0.39, 0.29) is 30.4 Å². The molecule has 20 heavy (non-hydrogen) atoms. The number of carbonyl (C=O) groups is 3. The van der Waals surface area contributed by atoms with Gasteiger partial charge >= 0.3 is 6.03 Å². The number of amides is 4. The zero-order chi connectivity index (χ0) is 14.5. The van der Waals surface area contributed by atoms with E-state index in [1.165, 1.54) is 7.05 Å². The van der Waals surface area contributed by atoms with Gasteiger partial charge in [0.2, 0.25) is 0 Å². The molecule has 3 fully saturated rings. The number of likely N-dealkylation sites (N-methyl/N-ethyl adjacent to an activating group) is 1. The van der Waals surface area contributed by atoms with Crippen LogP contribution in [0.4, 0.5) is 4.79 Å². The first-order chi connectivity index (χ1) is 9.51. The molecule has 0 N–H and O–H groups in total. The van der Waals surface area contributed by atoms with Gasteiger partial charge in [-0.15, -0.1) is 0 Å². The standard InChI is InChI=1S/C13H19N3O4/c1-3-20-14(2)10(17)8-15-11(18)13-6-4-9(5-7-13)16(13)12(15)19/h9H,3-8H2,1-2H3. The van der Waals surface area contributed by atoms with Crippen molar-refractivity contribution in [3.8, 4) is 0 Å². The van der Waals surface area contributed by atoms with E-state index in [0.717, 1.165) is 35.6 Å². The van der Waals surface area contributed by atoms with Crippen LogP contribution in [0, 0.1) is 0 Å². The molecule has 7 heteroatoms. The Hall–Kier alpha value is -1.63. The van der Waals surface area contributed by atoms with Crippen LogP contribution in [0.25, 0.3) is 0 Å². The first kappa shape index (κ1) is 13.4. The number of nitrogens with zero attached hydrogens (tertiary/aromatic N) is 3. The fourth-order valence-electron chi connectivity index (χ4n) is 3.69. The second-order valence-corrected chi connectivity index (χ2v) is 5.62. The van der Waals surface area contributed by atoms with Crippen molar-refractivity contribution in [3.05, 3.63) is 0 Å². The van der Waals surface area contributed by atoms with E-state index in [1.54, 1.807) is 11.8 Å². The number of imide groups is 1. The van der Waals surface area contributed by atoms with Crippen molar-refractivity contribution in [1.82, 2.24) is 14.9 Å². The Morgan fingerprint density at radius 3 is 2.60 bits per heavy atom. The first-order valence-corrected chi connectivity index (χ1v) is 7.06. The van der Waals surface area contributed by atoms with Gasteiger partial charge in [-0.3, -0.25) is 19.3 Å². The van der Waals surface area contributed by atoms with Gasteiger partial charge in [0.15, 0.2) is 0 Å². The highest BCUT2D eigenvalue weighted by atomic mass is 16.7. The van der Waals surface area contributed by atoms with Crippen molar-refractivity contribution in [1.29, 1.82) is 0 Å². The number of rotatable bonds is 4. The van der Waals surface area contributed by atoms with Crippen LogP contribution >= 0.6 is 0 Å². The predicted molar refractivity (Wildman–Crippen MR) is 68.3 cm³/mol. The Kier molecular flexibility index (Phi) is 2.97. The van der Waals surface area contributed by atoms with Gasteiger partial charge in [0.05, 0.1) is 6.61 Å². The van der Waals surface area contributed by atoms with Crippen molar-refractivity contribution >= 4 is 17.8 Å². The highest BCUT2D eigenvalue weighted by Gasteiger charge is 2.66. The van der Waals surface area contributed by atoms with Crippen LogP contribution in [0.1, 0.15) is 32.6 Å². The fraction of sp³-hybridized carbons (Fsp3) is 0.769. The predicted octanol–water partition coefficient (Wildman–Crippen LogP) is 0.355. The molecule has 0 aliphatic carbocycles. The molecule has 110 valence electrons. The van der Waals surface area contributed by atoms with Gasteiger partial charge in [-0.1, -0.05) is 0 Å². The summed E-state index contributed by atoms with van der Waals surface area (Å²) in [4.78, 5) is 44.7. The zero-order valence-electron chi connectivity index (χ0n) is 11.8. The molecule has 0 aromatic carbocycles. The van der Waals surface area contributed by atoms with E-state index in [0.29, 0.717) is 6.61 Å². The lowest BCUT2D eigenvalue weighted by Crippen LogP contribution is -2.45. The Labute approximate surface area is 117 Å². The fourth-order valence-corrected chi connectivity index (χ4v) is 3.69. The molecule has 3 aliphatic rings. The molecule has 0 spiro atoms. The number of hydrogen-bond donors (Lipinski definition) is 0. The van der Waals surface area contributed by atoms with Crippen LogP contribution in [-0.4, -0.2) is 64.5 Å². The Bertz CT molecular complexity index is 470. The minimum Gasteiger partial charge on any atom is -0.307 e. The van der Waals surface area contributed by atoms with Crippen LogP contribution in [0.15, 0.2) is 0 Å². The maximum atomic E-state index is 12.5. The SMILES string of the molecule is CCON(C)C(=O)CN1C(=O)N2C3CCC2(CC3)C1=O. The topological polar surface area (TPSA) is 70.2 Å². The van der Waals surface area contributed by atoms with Crippen molar-refractivity contribution in [3.63, 3.8) is 0 Å². The van der Waals surface area contributed by atoms with Crippen LogP contribution in [0.3, 0.4) is 0 Å². The first-order valence-electron chi connectivity index (χ1n) is 7.06. The zero-order valence-corrected chi connectivity index (χ0v) is 11.8. The summed E-state index contributed by atoms with van der Waals surface area (Å²) in [6, 6.07) is -0.135. The summed E-state index contributed by atoms with van der Waals surface area (Å²) in [5.41, 5.74) is -0.647. The van der Waals surface area contributed by atoms with E-state index in [1.807, 2.05) is 0 Å². The lowest BCUT2D eigenvalue weighted by Gasteiger charge is -2.23. The van der Waals surface area contributed by atoms with Crippen molar-refractivity contribution in [2.75, 3.05) is 20.2 Å². The van der Waals surface area contributed by atoms with Gasteiger partial charge in [0, 0.05) is 13.1 Å². The molecule has 2 bridgehead atoms. The molecule has 4 amide bonds. The third kappa shape index (κ3) is 1.59. The molecular weight excluding hydrogens is 262 g/mol. The molecule has 3 aliphatic heterocycles. The van der Waals surface area contributed by atoms with E-state index in [9.17, 15) is 14.4 Å². The Balaban J connectivity index is 1.75. The van der Waals surface area contributed by atoms with Crippen LogP contribution in [0.2, 0.25) is 0 Å². The van der Waals surface area contributed by atoms with Crippen molar-refractivity contribution in [2.45, 2.75) is 44.2 Å². The summed E-state index contributed by atoms with van der Waals surface area (Å²) in [5.74, 6) is -0.595. The normalized spacial score (nSPS) is 31.2. The van der Waals surface area contributed by atoms with E-state index < -0.39 is 5.54 Å². The van der Waals surface area contributed by atoms with E-state index in [2.05, 4.69) is 0 Å². The smallest absolute Gasteiger partial charge is 0.307 e. The highest BCUT2D eigenvalue weighted by Crippen LogP contribution is 2.51.